The van der Waals surface area contributed by atoms with Gasteiger partial charge in [-0.05, 0) is 83.5 Å². The number of nitrogens with one attached hydrogen (secondary N) is 1. The smallest absolute Gasteiger partial charge is 0.305 e. The lowest BCUT2D eigenvalue weighted by Gasteiger charge is -2.22. The van der Waals surface area contributed by atoms with E-state index >= 15 is 0 Å². The standard InChI is InChI=1S/C60H111NO5/c1-3-5-7-9-11-13-15-16-31-34-38-42-46-50-54-60(65)66-55-51-47-43-39-35-32-29-27-25-23-21-19-17-18-20-22-24-26-28-30-33-37-41-45-49-53-59(64)61-57(56-62)58(63)52-48-44-40-36-14-12-10-8-6-4-2/h9,11,15-16,18-21,57-58,62-63H,3-8,10,12-14,17,22-56H2,1-2H3,(H,61,64)/b11-9-,16-15-,20-18-,21-19-. The predicted octanol–water partition coefficient (Wildman–Crippen LogP) is 17.8. The van der Waals surface area contributed by atoms with Crippen molar-refractivity contribution in [3.05, 3.63) is 48.6 Å². The van der Waals surface area contributed by atoms with E-state index in [-0.39, 0.29) is 18.5 Å². The highest BCUT2D eigenvalue weighted by molar-refractivity contribution is 5.76. The molecule has 6 heteroatoms. The maximum atomic E-state index is 12.4. The molecule has 0 spiro atoms. The fourth-order valence-electron chi connectivity index (χ4n) is 8.63. The van der Waals surface area contributed by atoms with Crippen molar-refractivity contribution in [2.24, 2.45) is 0 Å². The van der Waals surface area contributed by atoms with Crippen molar-refractivity contribution in [1.82, 2.24) is 5.32 Å². The highest BCUT2D eigenvalue weighted by Crippen LogP contribution is 2.16. The Morgan fingerprint density at radius 3 is 1.20 bits per heavy atom. The van der Waals surface area contributed by atoms with Crippen LogP contribution in [0.3, 0.4) is 0 Å². The Morgan fingerprint density at radius 2 is 0.773 bits per heavy atom. The Bertz CT molecular complexity index is 1110. The van der Waals surface area contributed by atoms with Crippen LogP contribution in [-0.4, -0.2) is 47.4 Å². The van der Waals surface area contributed by atoms with Crippen molar-refractivity contribution < 1.29 is 24.5 Å². The zero-order valence-corrected chi connectivity index (χ0v) is 43.9. The van der Waals surface area contributed by atoms with E-state index in [0.717, 1.165) is 57.8 Å². The topological polar surface area (TPSA) is 95.9 Å². The van der Waals surface area contributed by atoms with E-state index in [0.29, 0.717) is 25.9 Å². The number of allylic oxidation sites excluding steroid dienone is 8. The van der Waals surface area contributed by atoms with E-state index in [2.05, 4.69) is 67.8 Å². The molecule has 0 saturated heterocycles. The number of rotatable bonds is 53. The first-order valence-corrected chi connectivity index (χ1v) is 28.9. The van der Waals surface area contributed by atoms with Gasteiger partial charge in [-0.3, -0.25) is 9.59 Å². The summed E-state index contributed by atoms with van der Waals surface area (Å²) in [6, 6.07) is -0.545. The molecule has 0 aromatic carbocycles. The minimum Gasteiger partial charge on any atom is -0.466 e. The maximum Gasteiger partial charge on any atom is 0.305 e. The van der Waals surface area contributed by atoms with Gasteiger partial charge >= 0.3 is 5.97 Å². The Labute approximate surface area is 410 Å². The van der Waals surface area contributed by atoms with Gasteiger partial charge < -0.3 is 20.3 Å². The van der Waals surface area contributed by atoms with Gasteiger partial charge in [-0.25, -0.2) is 0 Å². The summed E-state index contributed by atoms with van der Waals surface area (Å²) in [5.74, 6) is -0.0497. The Hall–Kier alpha value is -2.18. The van der Waals surface area contributed by atoms with Gasteiger partial charge in [0.25, 0.3) is 0 Å². The predicted molar refractivity (Wildman–Crippen MR) is 287 cm³/mol. The first-order valence-electron chi connectivity index (χ1n) is 28.9. The van der Waals surface area contributed by atoms with Crippen molar-refractivity contribution in [2.45, 2.75) is 309 Å². The average Bonchev–Trinajstić information content (AvgIpc) is 3.32. The van der Waals surface area contributed by atoms with Gasteiger partial charge in [0.1, 0.15) is 0 Å². The lowest BCUT2D eigenvalue weighted by molar-refractivity contribution is -0.143. The van der Waals surface area contributed by atoms with Crippen LogP contribution in [0.1, 0.15) is 296 Å². The number of amides is 1. The summed E-state index contributed by atoms with van der Waals surface area (Å²) in [6.07, 6.45) is 69.7. The van der Waals surface area contributed by atoms with E-state index in [9.17, 15) is 19.8 Å². The van der Waals surface area contributed by atoms with Gasteiger partial charge in [-0.15, -0.1) is 0 Å². The summed E-state index contributed by atoms with van der Waals surface area (Å²) in [7, 11) is 0. The number of aliphatic hydroxyl groups is 2. The van der Waals surface area contributed by atoms with Crippen molar-refractivity contribution in [2.75, 3.05) is 13.2 Å². The summed E-state index contributed by atoms with van der Waals surface area (Å²) in [5.41, 5.74) is 0. The second-order valence-corrected chi connectivity index (χ2v) is 19.6. The molecule has 0 bridgehead atoms. The number of carbonyl (C=O) groups excluding carboxylic acids is 2. The third-order valence-electron chi connectivity index (χ3n) is 13.1. The number of ether oxygens (including phenoxy) is 1. The lowest BCUT2D eigenvalue weighted by atomic mass is 10.0. The molecule has 2 atom stereocenters. The molecule has 0 aromatic heterocycles. The number of unbranched alkanes of at least 4 members (excludes halogenated alkanes) is 34. The van der Waals surface area contributed by atoms with Gasteiger partial charge in [0, 0.05) is 12.8 Å². The molecule has 0 heterocycles. The average molecular weight is 927 g/mol. The van der Waals surface area contributed by atoms with Gasteiger partial charge in [0.2, 0.25) is 5.91 Å². The van der Waals surface area contributed by atoms with Crippen LogP contribution >= 0.6 is 0 Å². The Balaban J connectivity index is 3.43. The van der Waals surface area contributed by atoms with Crippen molar-refractivity contribution in [1.29, 1.82) is 0 Å². The molecule has 0 radical (unpaired) electrons. The van der Waals surface area contributed by atoms with Crippen molar-refractivity contribution in [3.8, 4) is 0 Å². The molecular weight excluding hydrogens is 815 g/mol. The minimum absolute atomic E-state index is 0.00630. The van der Waals surface area contributed by atoms with E-state index in [1.165, 1.54) is 205 Å². The van der Waals surface area contributed by atoms with Crippen LogP contribution in [0.2, 0.25) is 0 Å². The molecule has 0 aliphatic rings. The molecule has 66 heavy (non-hydrogen) atoms. The summed E-state index contributed by atoms with van der Waals surface area (Å²) < 4.78 is 5.46. The summed E-state index contributed by atoms with van der Waals surface area (Å²) in [4.78, 5) is 24.4. The van der Waals surface area contributed by atoms with Gasteiger partial charge in [-0.2, -0.15) is 0 Å². The van der Waals surface area contributed by atoms with Crippen LogP contribution in [0.25, 0.3) is 0 Å². The van der Waals surface area contributed by atoms with E-state index < -0.39 is 12.1 Å². The second-order valence-electron chi connectivity index (χ2n) is 19.6. The SMILES string of the molecule is CCCC/C=C\C/C=C\CCCCCCCC(=O)OCCCCCCCCCCC/C=C\C/C=C\CCCCCCCCCCCC(=O)NC(CO)C(O)CCCCCCCCCCCC. The van der Waals surface area contributed by atoms with Crippen LogP contribution < -0.4 is 5.32 Å². The molecule has 6 nitrogen and oxygen atoms in total. The first-order chi connectivity index (χ1) is 32.5. The number of aliphatic hydroxyl groups excluding tert-OH is 2. The highest BCUT2D eigenvalue weighted by atomic mass is 16.5. The van der Waals surface area contributed by atoms with Gasteiger partial charge in [0.05, 0.1) is 25.4 Å². The zero-order valence-electron chi connectivity index (χ0n) is 43.9. The number of esters is 1. The van der Waals surface area contributed by atoms with E-state index in [1.807, 2.05) is 0 Å². The van der Waals surface area contributed by atoms with Crippen molar-refractivity contribution in [3.63, 3.8) is 0 Å². The van der Waals surface area contributed by atoms with Crippen LogP contribution in [0.15, 0.2) is 48.6 Å². The normalized spacial score (nSPS) is 13.0. The van der Waals surface area contributed by atoms with Crippen molar-refractivity contribution >= 4 is 11.9 Å². The first kappa shape index (κ1) is 63.8. The quantitative estimate of drug-likeness (QED) is 0.0321. The maximum absolute atomic E-state index is 12.4. The molecule has 0 saturated carbocycles. The fourth-order valence-corrected chi connectivity index (χ4v) is 8.63. The van der Waals surface area contributed by atoms with Crippen LogP contribution in [0, 0.1) is 0 Å². The van der Waals surface area contributed by atoms with Crippen LogP contribution in [0.4, 0.5) is 0 Å². The highest BCUT2D eigenvalue weighted by Gasteiger charge is 2.20. The molecule has 2 unspecified atom stereocenters. The second kappa shape index (κ2) is 55.4. The van der Waals surface area contributed by atoms with E-state index in [4.69, 9.17) is 4.74 Å². The molecule has 386 valence electrons. The van der Waals surface area contributed by atoms with Gasteiger partial charge in [0.15, 0.2) is 0 Å². The Kier molecular flexibility index (Phi) is 53.6. The largest absolute Gasteiger partial charge is 0.466 e. The third-order valence-corrected chi connectivity index (χ3v) is 13.1. The summed E-state index contributed by atoms with van der Waals surface area (Å²) in [6.45, 7) is 4.88. The summed E-state index contributed by atoms with van der Waals surface area (Å²) in [5, 5.41) is 23.1. The summed E-state index contributed by atoms with van der Waals surface area (Å²) >= 11 is 0. The minimum atomic E-state index is -0.667. The number of hydrogen-bond acceptors (Lipinski definition) is 5. The molecule has 0 aliphatic carbocycles. The van der Waals surface area contributed by atoms with E-state index in [1.54, 1.807) is 0 Å². The number of hydrogen-bond donors (Lipinski definition) is 3. The molecule has 3 N–H and O–H groups in total. The monoisotopic (exact) mass is 926 g/mol. The van der Waals surface area contributed by atoms with Crippen LogP contribution in [0.5, 0.6) is 0 Å². The molecular formula is C60H111NO5. The molecule has 0 rings (SSSR count). The molecule has 1 amide bonds. The Morgan fingerprint density at radius 1 is 0.424 bits per heavy atom. The van der Waals surface area contributed by atoms with Gasteiger partial charge in [-0.1, -0.05) is 249 Å². The molecule has 0 aromatic rings. The third kappa shape index (κ3) is 51.2. The lowest BCUT2D eigenvalue weighted by Crippen LogP contribution is -2.45. The molecule has 0 aliphatic heterocycles. The molecule has 0 fully saturated rings. The number of carbonyl (C=O) groups is 2. The zero-order chi connectivity index (χ0) is 47.9. The fraction of sp³-hybridized carbons (Fsp3) is 0.833. The van der Waals surface area contributed by atoms with Crippen LogP contribution in [-0.2, 0) is 14.3 Å².